The Balaban J connectivity index is 0.00000172. The lowest BCUT2D eigenvalue weighted by Gasteiger charge is -2.43. The number of H-pyrrole nitrogens is 1. The lowest BCUT2D eigenvalue weighted by molar-refractivity contribution is -0.0941. The second-order valence-electron chi connectivity index (χ2n) is 10.5. The second-order valence-corrected chi connectivity index (χ2v) is 10.9. The predicted molar refractivity (Wildman–Crippen MR) is 156 cm³/mol. The van der Waals surface area contributed by atoms with Gasteiger partial charge in [0.15, 0.2) is 5.11 Å². The van der Waals surface area contributed by atoms with Gasteiger partial charge >= 0.3 is 6.18 Å². The molecule has 2 aliphatic heterocycles. The molecule has 2 fully saturated rings. The largest absolute Gasteiger partial charge is 0.412 e. The molecule has 5 rings (SSSR count). The van der Waals surface area contributed by atoms with E-state index in [1.165, 1.54) is 22.5 Å². The number of thiocarbonyl (C=S) groups is 1. The van der Waals surface area contributed by atoms with Gasteiger partial charge in [-0.05, 0) is 93.4 Å². The van der Waals surface area contributed by atoms with E-state index in [2.05, 4.69) is 45.7 Å². The summed E-state index contributed by atoms with van der Waals surface area (Å²) in [6.45, 7) is 7.56. The molecule has 0 radical (unpaired) electrons. The first kappa shape index (κ1) is 29.6. The third-order valence-electron chi connectivity index (χ3n) is 8.34. The van der Waals surface area contributed by atoms with E-state index in [1.54, 1.807) is 6.08 Å². The fourth-order valence-corrected chi connectivity index (χ4v) is 6.54. The van der Waals surface area contributed by atoms with Crippen LogP contribution in [-0.4, -0.2) is 70.0 Å². The molecule has 2 saturated heterocycles. The average Bonchev–Trinajstić information content (AvgIpc) is 3.39. The Kier molecular flexibility index (Phi) is 10.1. The number of alkyl halides is 3. The van der Waals surface area contributed by atoms with Crippen molar-refractivity contribution in [3.05, 3.63) is 59.4 Å². The number of likely N-dealkylation sites (tertiary alicyclic amines) is 2. The van der Waals surface area contributed by atoms with Crippen molar-refractivity contribution in [1.82, 2.24) is 20.1 Å². The van der Waals surface area contributed by atoms with Gasteiger partial charge in [-0.1, -0.05) is 38.1 Å². The van der Waals surface area contributed by atoms with E-state index < -0.39 is 11.7 Å². The van der Waals surface area contributed by atoms with Crippen molar-refractivity contribution >= 4 is 28.2 Å². The number of rotatable bonds is 5. The SMILES string of the molecule is CC.OCC(C1CCN(C(=S)NC2=CCCC(C(F)(F)F)=C2)CC1)N1CCC(c2c[nH]c3ccccc23)CC1. The highest BCUT2D eigenvalue weighted by Crippen LogP contribution is 2.36. The summed E-state index contributed by atoms with van der Waals surface area (Å²) in [5, 5.41) is 15.1. The van der Waals surface area contributed by atoms with Crippen LogP contribution in [0.4, 0.5) is 13.2 Å². The Bertz CT molecular complexity index is 1160. The van der Waals surface area contributed by atoms with Gasteiger partial charge in [0.25, 0.3) is 0 Å². The summed E-state index contributed by atoms with van der Waals surface area (Å²) < 4.78 is 39.2. The number of fused-ring (bicyclic) bond motifs is 1. The molecular weight excluding hydrogens is 521 g/mol. The summed E-state index contributed by atoms with van der Waals surface area (Å²) in [5.74, 6) is 0.900. The molecule has 3 N–H and O–H groups in total. The molecule has 0 saturated carbocycles. The molecule has 39 heavy (non-hydrogen) atoms. The molecule has 9 heteroatoms. The number of halogens is 3. The van der Waals surface area contributed by atoms with Gasteiger partial charge in [0.05, 0.1) is 6.61 Å². The lowest BCUT2D eigenvalue weighted by atomic mass is 9.85. The van der Waals surface area contributed by atoms with Gasteiger partial charge in [0, 0.05) is 47.5 Å². The Morgan fingerprint density at radius 3 is 2.46 bits per heavy atom. The molecule has 5 nitrogen and oxygen atoms in total. The van der Waals surface area contributed by atoms with Crippen LogP contribution in [0.1, 0.15) is 63.9 Å². The van der Waals surface area contributed by atoms with Crippen LogP contribution in [0.15, 0.2) is 53.9 Å². The van der Waals surface area contributed by atoms with Crippen molar-refractivity contribution in [3.63, 3.8) is 0 Å². The summed E-state index contributed by atoms with van der Waals surface area (Å²) in [6, 6.07) is 8.58. The lowest BCUT2D eigenvalue weighted by Crippen LogP contribution is -2.51. The number of aliphatic hydroxyl groups excluding tert-OH is 1. The van der Waals surface area contributed by atoms with Crippen LogP contribution in [0.3, 0.4) is 0 Å². The van der Waals surface area contributed by atoms with E-state index in [1.807, 2.05) is 18.7 Å². The smallest absolute Gasteiger partial charge is 0.395 e. The predicted octanol–water partition coefficient (Wildman–Crippen LogP) is 6.49. The first-order chi connectivity index (χ1) is 18.8. The van der Waals surface area contributed by atoms with Crippen molar-refractivity contribution in [1.29, 1.82) is 0 Å². The normalized spacial score (nSPS) is 20.6. The number of hydrogen-bond acceptors (Lipinski definition) is 3. The second kappa shape index (κ2) is 13.3. The molecular formula is C30H41F3N4OS. The molecule has 1 aliphatic carbocycles. The van der Waals surface area contributed by atoms with Gasteiger partial charge < -0.3 is 20.3 Å². The highest BCUT2D eigenvalue weighted by Gasteiger charge is 2.35. The maximum Gasteiger partial charge on any atom is 0.412 e. The molecule has 3 aliphatic rings. The maximum absolute atomic E-state index is 13.1. The third-order valence-corrected chi connectivity index (χ3v) is 8.70. The number of aliphatic hydroxyl groups is 1. The fourth-order valence-electron chi connectivity index (χ4n) is 6.24. The Labute approximate surface area is 235 Å². The molecule has 0 bridgehead atoms. The molecule has 2 aromatic rings. The maximum atomic E-state index is 13.1. The van der Waals surface area contributed by atoms with Gasteiger partial charge in [0.1, 0.15) is 0 Å². The highest BCUT2D eigenvalue weighted by molar-refractivity contribution is 7.80. The van der Waals surface area contributed by atoms with Crippen molar-refractivity contribution < 1.29 is 18.3 Å². The summed E-state index contributed by atoms with van der Waals surface area (Å²) in [7, 11) is 0. The van der Waals surface area contributed by atoms with Crippen LogP contribution in [0.2, 0.25) is 0 Å². The van der Waals surface area contributed by atoms with Crippen LogP contribution >= 0.6 is 12.2 Å². The zero-order valence-corrected chi connectivity index (χ0v) is 23.8. The molecule has 0 amide bonds. The number of nitrogens with one attached hydrogen (secondary N) is 2. The van der Waals surface area contributed by atoms with E-state index in [9.17, 15) is 18.3 Å². The fraction of sp³-hybridized carbons (Fsp3) is 0.567. The van der Waals surface area contributed by atoms with Crippen molar-refractivity contribution in [2.75, 3.05) is 32.8 Å². The molecule has 0 spiro atoms. The van der Waals surface area contributed by atoms with Crippen molar-refractivity contribution in [2.45, 2.75) is 70.5 Å². The minimum atomic E-state index is -4.30. The Hall–Kier alpha value is -2.36. The molecule has 214 valence electrons. The molecule has 3 heterocycles. The van der Waals surface area contributed by atoms with Crippen LogP contribution in [0, 0.1) is 5.92 Å². The van der Waals surface area contributed by atoms with Gasteiger partial charge in [-0.2, -0.15) is 13.2 Å². The number of para-hydroxylation sites is 1. The number of hydrogen-bond donors (Lipinski definition) is 3. The van der Waals surface area contributed by atoms with E-state index in [4.69, 9.17) is 12.2 Å². The summed E-state index contributed by atoms with van der Waals surface area (Å²) in [6.07, 6.45) is 5.12. The zero-order chi connectivity index (χ0) is 28.0. The van der Waals surface area contributed by atoms with Crippen molar-refractivity contribution in [3.8, 4) is 0 Å². The number of piperidine rings is 2. The van der Waals surface area contributed by atoms with Crippen LogP contribution in [0.5, 0.6) is 0 Å². The van der Waals surface area contributed by atoms with Gasteiger partial charge in [-0.3, -0.25) is 4.90 Å². The number of aromatic nitrogens is 1. The van der Waals surface area contributed by atoms with Gasteiger partial charge in [0.2, 0.25) is 0 Å². The Morgan fingerprint density at radius 1 is 1.10 bits per heavy atom. The van der Waals surface area contributed by atoms with Gasteiger partial charge in [-0.15, -0.1) is 0 Å². The average molecular weight is 563 g/mol. The minimum absolute atomic E-state index is 0.00835. The Morgan fingerprint density at radius 2 is 1.79 bits per heavy atom. The first-order valence-electron chi connectivity index (χ1n) is 14.3. The van der Waals surface area contributed by atoms with Crippen LogP contribution < -0.4 is 5.32 Å². The van der Waals surface area contributed by atoms with E-state index in [0.717, 1.165) is 51.9 Å². The minimum Gasteiger partial charge on any atom is -0.395 e. The highest BCUT2D eigenvalue weighted by atomic mass is 32.1. The van der Waals surface area contributed by atoms with E-state index in [-0.39, 0.29) is 19.1 Å². The summed E-state index contributed by atoms with van der Waals surface area (Å²) in [4.78, 5) is 7.90. The first-order valence-corrected chi connectivity index (χ1v) is 14.7. The monoisotopic (exact) mass is 562 g/mol. The van der Waals surface area contributed by atoms with E-state index >= 15 is 0 Å². The molecule has 1 aromatic heterocycles. The molecule has 1 aromatic carbocycles. The summed E-state index contributed by atoms with van der Waals surface area (Å²) in [5.41, 5.74) is 2.49. The number of nitrogens with zero attached hydrogens (tertiary/aromatic N) is 2. The van der Waals surface area contributed by atoms with Crippen LogP contribution in [0.25, 0.3) is 10.9 Å². The number of allylic oxidation sites excluding steroid dienone is 3. The standard InChI is InChI=1S/C28H35F3N4OS.C2H6/c29-28(30,31)21-4-3-5-22(16-21)33-27(37)35-14-10-20(11-15-35)26(18-36)34-12-8-19(9-13-34)24-17-32-25-7-2-1-6-23(24)25;1-2/h1-2,5-7,16-17,19-20,26,32,36H,3-4,8-15,18H2,(H,33,37);1-2H3. The zero-order valence-electron chi connectivity index (χ0n) is 22.9. The quantitative estimate of drug-likeness (QED) is 0.364. The molecule has 1 atom stereocenters. The number of aromatic amines is 1. The molecule has 1 unspecified atom stereocenters. The van der Waals surface area contributed by atoms with Crippen LogP contribution in [-0.2, 0) is 0 Å². The van der Waals surface area contributed by atoms with Gasteiger partial charge in [-0.25, -0.2) is 0 Å². The number of benzene rings is 1. The van der Waals surface area contributed by atoms with E-state index in [0.29, 0.717) is 29.1 Å². The summed E-state index contributed by atoms with van der Waals surface area (Å²) >= 11 is 5.53. The topological polar surface area (TPSA) is 54.5 Å². The van der Waals surface area contributed by atoms with Crippen molar-refractivity contribution in [2.24, 2.45) is 5.92 Å². The third kappa shape index (κ3) is 7.05.